The van der Waals surface area contributed by atoms with Crippen LogP contribution in [-0.4, -0.2) is 21.4 Å². The van der Waals surface area contributed by atoms with E-state index in [9.17, 15) is 4.79 Å². The number of hydrogen-bond donors (Lipinski definition) is 2. The van der Waals surface area contributed by atoms with Crippen molar-refractivity contribution in [1.29, 1.82) is 0 Å². The van der Waals surface area contributed by atoms with Gasteiger partial charge in [-0.2, -0.15) is 4.98 Å². The quantitative estimate of drug-likeness (QED) is 0.905. The van der Waals surface area contributed by atoms with Gasteiger partial charge in [-0.05, 0) is 39.5 Å². The maximum absolute atomic E-state index is 11.8. The van der Waals surface area contributed by atoms with Gasteiger partial charge < -0.3 is 15.5 Å². The van der Waals surface area contributed by atoms with Gasteiger partial charge in [0, 0.05) is 11.5 Å². The summed E-state index contributed by atoms with van der Waals surface area (Å²) in [5.41, 5.74) is 6.44. The molecular weight excluding hydrogens is 280 g/mol. The summed E-state index contributed by atoms with van der Waals surface area (Å²) >= 11 is 0. The van der Waals surface area contributed by atoms with Crippen LogP contribution in [0.1, 0.15) is 66.9 Å². The second-order valence-electron chi connectivity index (χ2n) is 6.82. The molecule has 6 nitrogen and oxygen atoms in total. The van der Waals surface area contributed by atoms with E-state index in [1.54, 1.807) is 6.92 Å². The number of furan rings is 1. The highest BCUT2D eigenvalue weighted by molar-refractivity contribution is 6.09. The fourth-order valence-corrected chi connectivity index (χ4v) is 2.96. The monoisotopic (exact) mass is 300 g/mol. The van der Waals surface area contributed by atoms with Crippen molar-refractivity contribution in [2.75, 3.05) is 5.32 Å². The van der Waals surface area contributed by atoms with Crippen molar-refractivity contribution in [2.45, 2.75) is 57.4 Å². The van der Waals surface area contributed by atoms with E-state index in [0.29, 0.717) is 34.2 Å². The van der Waals surface area contributed by atoms with E-state index in [-0.39, 0.29) is 5.54 Å². The van der Waals surface area contributed by atoms with E-state index in [2.05, 4.69) is 17.2 Å². The Balaban J connectivity index is 1.91. The first-order valence-corrected chi connectivity index (χ1v) is 7.86. The number of carbonyl (C=O) groups excluding carboxylic acids is 1. The molecule has 0 aliphatic heterocycles. The first-order valence-electron chi connectivity index (χ1n) is 7.86. The predicted octanol–water partition coefficient (Wildman–Crippen LogP) is 2.86. The largest absolute Gasteiger partial charge is 0.442 e. The normalized spacial score (nSPS) is 19.9. The van der Waals surface area contributed by atoms with Crippen LogP contribution in [0, 0.1) is 6.92 Å². The zero-order chi connectivity index (χ0) is 15.5. The molecule has 2 aliphatic rings. The zero-order valence-electron chi connectivity index (χ0n) is 12.9. The number of anilines is 1. The van der Waals surface area contributed by atoms with Gasteiger partial charge in [0.15, 0.2) is 0 Å². The highest BCUT2D eigenvalue weighted by Crippen LogP contribution is 2.42. The molecule has 3 N–H and O–H groups in total. The van der Waals surface area contributed by atoms with Crippen molar-refractivity contribution in [1.82, 2.24) is 9.97 Å². The Bertz CT molecular complexity index is 772. The third kappa shape index (κ3) is 2.05. The number of carbonyl (C=O) groups is 1. The number of nitrogens with zero attached hydrogens (tertiary/aromatic N) is 2. The molecule has 2 saturated carbocycles. The minimum absolute atomic E-state index is 0.0538. The average Bonchev–Trinajstić information content (AvgIpc) is 2.96. The summed E-state index contributed by atoms with van der Waals surface area (Å²) in [6.45, 7) is 3.90. The van der Waals surface area contributed by atoms with Crippen LogP contribution in [0.25, 0.3) is 11.1 Å². The summed E-state index contributed by atoms with van der Waals surface area (Å²) in [7, 11) is 0. The fourth-order valence-electron chi connectivity index (χ4n) is 2.96. The number of fused-ring (bicyclic) bond motifs is 1. The fraction of sp³-hybridized carbons (Fsp3) is 0.562. The lowest BCUT2D eigenvalue weighted by Crippen LogP contribution is -2.21. The molecule has 22 heavy (non-hydrogen) atoms. The molecule has 2 aromatic heterocycles. The lowest BCUT2D eigenvalue weighted by Gasteiger charge is -2.24. The molecule has 0 saturated heterocycles. The van der Waals surface area contributed by atoms with Crippen molar-refractivity contribution in [2.24, 2.45) is 5.73 Å². The summed E-state index contributed by atoms with van der Waals surface area (Å²) in [6.07, 6.45) is 5.64. The van der Waals surface area contributed by atoms with Crippen molar-refractivity contribution in [3.63, 3.8) is 0 Å². The Morgan fingerprint density at radius 2 is 2.09 bits per heavy atom. The second kappa shape index (κ2) is 4.44. The molecule has 0 bridgehead atoms. The lowest BCUT2D eigenvalue weighted by atomic mass is 9.85. The molecule has 1 amide bonds. The number of aryl methyl sites for hydroxylation is 1. The summed E-state index contributed by atoms with van der Waals surface area (Å²) in [4.78, 5) is 21.1. The van der Waals surface area contributed by atoms with Crippen molar-refractivity contribution in [3.8, 4) is 0 Å². The first kappa shape index (κ1) is 13.5. The summed E-state index contributed by atoms with van der Waals surface area (Å²) in [5, 5.41) is 4.09. The van der Waals surface area contributed by atoms with Crippen LogP contribution in [0.4, 0.5) is 5.82 Å². The highest BCUT2D eigenvalue weighted by Gasteiger charge is 2.39. The molecule has 0 spiro atoms. The van der Waals surface area contributed by atoms with Crippen molar-refractivity contribution in [3.05, 3.63) is 17.1 Å². The predicted molar refractivity (Wildman–Crippen MR) is 82.9 cm³/mol. The Kier molecular flexibility index (Phi) is 2.74. The summed E-state index contributed by atoms with van der Waals surface area (Å²) in [6, 6.07) is 0. The van der Waals surface area contributed by atoms with Crippen LogP contribution in [-0.2, 0) is 0 Å². The van der Waals surface area contributed by atoms with E-state index in [1.807, 2.05) is 0 Å². The molecule has 0 atom stereocenters. The molecule has 116 valence electrons. The number of hydrogen-bond acceptors (Lipinski definition) is 5. The smallest absolute Gasteiger partial charge is 0.253 e. The van der Waals surface area contributed by atoms with Gasteiger partial charge in [-0.1, -0.05) is 6.42 Å². The summed E-state index contributed by atoms with van der Waals surface area (Å²) in [5.74, 6) is 1.92. The van der Waals surface area contributed by atoms with E-state index < -0.39 is 5.91 Å². The van der Waals surface area contributed by atoms with Gasteiger partial charge in [-0.25, -0.2) is 4.98 Å². The number of rotatable bonds is 4. The molecule has 0 aromatic carbocycles. The van der Waals surface area contributed by atoms with Crippen LogP contribution < -0.4 is 11.1 Å². The Morgan fingerprint density at radius 1 is 1.36 bits per heavy atom. The average molecular weight is 300 g/mol. The van der Waals surface area contributed by atoms with Crippen molar-refractivity contribution >= 4 is 22.8 Å². The second-order valence-corrected chi connectivity index (χ2v) is 6.82. The van der Waals surface area contributed by atoms with Crippen LogP contribution in [0.2, 0.25) is 0 Å². The van der Waals surface area contributed by atoms with Gasteiger partial charge >= 0.3 is 0 Å². The molecule has 2 fully saturated rings. The SMILES string of the molecule is Cc1oc2nc(C3CCC3)nc(NC3(C)CC3)c2c1C(N)=O. The molecule has 0 unspecified atom stereocenters. The Morgan fingerprint density at radius 3 is 2.64 bits per heavy atom. The van der Waals surface area contributed by atoms with Gasteiger partial charge in [0.2, 0.25) is 5.71 Å². The molecule has 2 heterocycles. The highest BCUT2D eigenvalue weighted by atomic mass is 16.3. The third-order valence-electron chi connectivity index (χ3n) is 4.88. The molecule has 0 radical (unpaired) electrons. The first-order chi connectivity index (χ1) is 10.5. The van der Waals surface area contributed by atoms with Gasteiger partial charge in [-0.3, -0.25) is 4.79 Å². The number of amides is 1. The topological polar surface area (TPSA) is 94.0 Å². The van der Waals surface area contributed by atoms with Crippen LogP contribution in [0.3, 0.4) is 0 Å². The van der Waals surface area contributed by atoms with E-state index in [1.165, 1.54) is 6.42 Å². The number of primary amides is 1. The van der Waals surface area contributed by atoms with E-state index in [0.717, 1.165) is 31.5 Å². The summed E-state index contributed by atoms with van der Waals surface area (Å²) < 4.78 is 5.70. The van der Waals surface area contributed by atoms with Crippen LogP contribution in [0.5, 0.6) is 0 Å². The van der Waals surface area contributed by atoms with E-state index >= 15 is 0 Å². The molecular formula is C16H20N4O2. The van der Waals surface area contributed by atoms with Crippen LogP contribution in [0.15, 0.2) is 4.42 Å². The minimum Gasteiger partial charge on any atom is -0.442 e. The lowest BCUT2D eigenvalue weighted by molar-refractivity contribution is 0.1000. The number of nitrogens with one attached hydrogen (secondary N) is 1. The minimum atomic E-state index is -0.500. The molecule has 4 rings (SSSR count). The van der Waals surface area contributed by atoms with Gasteiger partial charge in [0.05, 0.1) is 10.9 Å². The molecule has 2 aliphatic carbocycles. The van der Waals surface area contributed by atoms with Crippen molar-refractivity contribution < 1.29 is 9.21 Å². The number of nitrogens with two attached hydrogens (primary N) is 1. The van der Waals surface area contributed by atoms with Gasteiger partial charge in [0.25, 0.3) is 5.91 Å². The number of aromatic nitrogens is 2. The third-order valence-corrected chi connectivity index (χ3v) is 4.88. The molecule has 2 aromatic rings. The standard InChI is InChI=1S/C16H20N4O2/c1-8-10(12(17)21)11-14(20-16(2)6-7-16)18-13(9-4-3-5-9)19-15(11)22-8/h9H,3-7H2,1-2H3,(H2,17,21)(H,18,19,20). The maximum atomic E-state index is 11.8. The van der Waals surface area contributed by atoms with Gasteiger partial charge in [0.1, 0.15) is 17.4 Å². The molecule has 6 heteroatoms. The Hall–Kier alpha value is -2.11. The van der Waals surface area contributed by atoms with E-state index in [4.69, 9.17) is 15.1 Å². The zero-order valence-corrected chi connectivity index (χ0v) is 12.9. The maximum Gasteiger partial charge on any atom is 0.253 e. The van der Waals surface area contributed by atoms with Crippen LogP contribution >= 0.6 is 0 Å². The Labute approximate surface area is 128 Å². The van der Waals surface area contributed by atoms with Gasteiger partial charge in [-0.15, -0.1) is 0 Å².